The van der Waals surface area contributed by atoms with Gasteiger partial charge in [-0.1, -0.05) is 11.6 Å². The van der Waals surface area contributed by atoms with E-state index in [4.69, 9.17) is 27.2 Å². The van der Waals surface area contributed by atoms with Crippen molar-refractivity contribution in [2.45, 2.75) is 25.9 Å². The maximum Gasteiger partial charge on any atom is 0.407 e. The molecular weight excluding hydrogens is 410 g/mol. The number of hydrogen-bond acceptors (Lipinski definition) is 4. The average molecular weight is 434 g/mol. The topological polar surface area (TPSA) is 122 Å². The highest BCUT2D eigenvalue weighted by Gasteiger charge is 2.23. The van der Waals surface area contributed by atoms with Crippen LogP contribution in [0.2, 0.25) is 5.02 Å². The van der Waals surface area contributed by atoms with Crippen LogP contribution in [-0.2, 0) is 4.79 Å². The van der Waals surface area contributed by atoms with Crippen LogP contribution in [0.3, 0.4) is 0 Å². The van der Waals surface area contributed by atoms with E-state index in [0.717, 1.165) is 18.6 Å². The number of nitrogens with zero attached hydrogens (tertiary/aromatic N) is 1. The number of piperidine rings is 1. The van der Waals surface area contributed by atoms with Gasteiger partial charge in [0.25, 0.3) is 0 Å². The molecular formula is C21H24ClN3O5. The van der Waals surface area contributed by atoms with Crippen LogP contribution in [-0.4, -0.2) is 47.1 Å². The lowest BCUT2D eigenvalue weighted by Gasteiger charge is -2.30. The maximum atomic E-state index is 10.7. The molecule has 0 bridgehead atoms. The number of anilines is 1. The number of primary amides is 1. The fourth-order valence-electron chi connectivity index (χ4n) is 2.79. The number of carboxylic acid groups (broad SMARTS) is 1. The smallest absolute Gasteiger partial charge is 0.407 e. The molecule has 8 nitrogen and oxygen atoms in total. The monoisotopic (exact) mass is 433 g/mol. The van der Waals surface area contributed by atoms with Gasteiger partial charge >= 0.3 is 6.09 Å². The Morgan fingerprint density at radius 1 is 1.07 bits per heavy atom. The highest BCUT2D eigenvalue weighted by atomic mass is 35.5. The number of carbonyl (C=O) groups excluding carboxylic acids is 2. The summed E-state index contributed by atoms with van der Waals surface area (Å²) >= 11 is 5.78. The van der Waals surface area contributed by atoms with E-state index in [9.17, 15) is 14.4 Å². The Hall–Kier alpha value is -3.26. The van der Waals surface area contributed by atoms with Crippen LogP contribution in [0.15, 0.2) is 48.5 Å². The normalized spacial score (nSPS) is 13.6. The first-order chi connectivity index (χ1) is 14.2. The number of carbonyl (C=O) groups is 3. The highest BCUT2D eigenvalue weighted by molar-refractivity contribution is 6.30. The van der Waals surface area contributed by atoms with E-state index in [1.807, 2.05) is 12.1 Å². The summed E-state index contributed by atoms with van der Waals surface area (Å²) in [5.41, 5.74) is 6.11. The number of halogens is 1. The number of ether oxygens (including phenoxy) is 1. The zero-order valence-electron chi connectivity index (χ0n) is 16.5. The van der Waals surface area contributed by atoms with E-state index in [1.165, 1.54) is 11.8 Å². The molecule has 0 unspecified atom stereocenters. The van der Waals surface area contributed by atoms with Gasteiger partial charge in [-0.05, 0) is 48.5 Å². The maximum absolute atomic E-state index is 10.7. The van der Waals surface area contributed by atoms with Crippen molar-refractivity contribution in [3.63, 3.8) is 0 Å². The fraction of sp³-hybridized carbons (Fsp3) is 0.286. The van der Waals surface area contributed by atoms with Crippen LogP contribution in [0.4, 0.5) is 10.5 Å². The van der Waals surface area contributed by atoms with Gasteiger partial charge in [0, 0.05) is 49.1 Å². The van der Waals surface area contributed by atoms with E-state index >= 15 is 0 Å². The van der Waals surface area contributed by atoms with Gasteiger partial charge in [-0.2, -0.15) is 0 Å². The molecule has 0 spiro atoms. The van der Waals surface area contributed by atoms with Crippen LogP contribution in [0, 0.1) is 0 Å². The summed E-state index contributed by atoms with van der Waals surface area (Å²) in [5.74, 6) is 0.157. The van der Waals surface area contributed by atoms with Crippen molar-refractivity contribution in [2.24, 2.45) is 5.73 Å². The minimum absolute atomic E-state index is 0.0896. The summed E-state index contributed by atoms with van der Waals surface area (Å²) in [7, 11) is 0. The van der Waals surface area contributed by atoms with E-state index in [2.05, 4.69) is 5.32 Å². The predicted octanol–water partition coefficient (Wildman–Crippen LogP) is 3.61. The van der Waals surface area contributed by atoms with Gasteiger partial charge in [0.15, 0.2) is 0 Å². The van der Waals surface area contributed by atoms with Gasteiger partial charge in [-0.25, -0.2) is 4.79 Å². The van der Waals surface area contributed by atoms with Gasteiger partial charge < -0.3 is 25.8 Å². The third-order valence-corrected chi connectivity index (χ3v) is 4.57. The average Bonchev–Trinajstić information content (AvgIpc) is 2.70. The Morgan fingerprint density at radius 3 is 2.10 bits per heavy atom. The number of hydrogen-bond donors (Lipinski definition) is 3. The van der Waals surface area contributed by atoms with Crippen molar-refractivity contribution in [1.82, 2.24) is 4.90 Å². The Morgan fingerprint density at radius 2 is 1.63 bits per heavy atom. The van der Waals surface area contributed by atoms with Gasteiger partial charge in [0.2, 0.25) is 11.8 Å². The summed E-state index contributed by atoms with van der Waals surface area (Å²) in [6.07, 6.45) is 0.700. The summed E-state index contributed by atoms with van der Waals surface area (Å²) in [4.78, 5) is 33.4. The summed E-state index contributed by atoms with van der Waals surface area (Å²) in [6.45, 7) is 2.49. The summed E-state index contributed by atoms with van der Waals surface area (Å²) in [6, 6.07) is 13.6. The highest BCUT2D eigenvalue weighted by Crippen LogP contribution is 2.21. The zero-order valence-corrected chi connectivity index (χ0v) is 17.3. The van der Waals surface area contributed by atoms with Gasteiger partial charge in [0.05, 0.1) is 0 Å². The van der Waals surface area contributed by atoms with Crippen LogP contribution in [0.5, 0.6) is 5.75 Å². The zero-order chi connectivity index (χ0) is 22.1. The minimum Gasteiger partial charge on any atom is -0.490 e. The largest absolute Gasteiger partial charge is 0.490 e. The molecule has 0 radical (unpaired) electrons. The Bertz CT molecular complexity index is 863. The molecule has 9 heteroatoms. The van der Waals surface area contributed by atoms with Gasteiger partial charge in [-0.3, -0.25) is 9.59 Å². The molecule has 0 aliphatic carbocycles. The number of amides is 3. The minimum atomic E-state index is -0.852. The Labute approximate surface area is 179 Å². The SMILES string of the molecule is CC(=O)Nc1ccc(C(N)=O)cc1.O=C(O)N1CCC(Oc2ccc(Cl)cc2)CC1. The van der Waals surface area contributed by atoms with Crippen molar-refractivity contribution < 1.29 is 24.2 Å². The second-order valence-electron chi connectivity index (χ2n) is 6.66. The summed E-state index contributed by atoms with van der Waals surface area (Å²) in [5, 5.41) is 12.1. The lowest BCUT2D eigenvalue weighted by molar-refractivity contribution is -0.114. The number of nitrogens with two attached hydrogens (primary N) is 1. The lowest BCUT2D eigenvalue weighted by Crippen LogP contribution is -2.41. The second-order valence-corrected chi connectivity index (χ2v) is 7.10. The molecule has 0 atom stereocenters. The predicted molar refractivity (Wildman–Crippen MR) is 114 cm³/mol. The second kappa shape index (κ2) is 11.1. The Balaban J connectivity index is 0.000000222. The van der Waals surface area contributed by atoms with E-state index in [1.54, 1.807) is 36.4 Å². The molecule has 2 aromatic carbocycles. The fourth-order valence-corrected chi connectivity index (χ4v) is 2.92. The molecule has 0 aromatic heterocycles. The van der Waals surface area contributed by atoms with Gasteiger partial charge in [-0.15, -0.1) is 0 Å². The van der Waals surface area contributed by atoms with Crippen molar-refractivity contribution in [3.05, 3.63) is 59.1 Å². The lowest BCUT2D eigenvalue weighted by atomic mass is 10.1. The van der Waals surface area contributed by atoms with Crippen LogP contribution >= 0.6 is 11.6 Å². The van der Waals surface area contributed by atoms with Crippen molar-refractivity contribution >= 4 is 35.2 Å². The summed E-state index contributed by atoms with van der Waals surface area (Å²) < 4.78 is 5.76. The molecule has 1 heterocycles. The van der Waals surface area contributed by atoms with E-state index in [0.29, 0.717) is 29.4 Å². The third-order valence-electron chi connectivity index (χ3n) is 4.32. The quantitative estimate of drug-likeness (QED) is 0.679. The number of likely N-dealkylation sites (tertiary alicyclic amines) is 1. The molecule has 4 N–H and O–H groups in total. The number of rotatable bonds is 4. The molecule has 30 heavy (non-hydrogen) atoms. The molecule has 1 aliphatic heterocycles. The van der Waals surface area contributed by atoms with E-state index < -0.39 is 12.0 Å². The molecule has 2 aromatic rings. The third kappa shape index (κ3) is 7.63. The first kappa shape index (κ1) is 23.0. The molecule has 3 amide bonds. The first-order valence-electron chi connectivity index (χ1n) is 9.32. The molecule has 160 valence electrons. The molecule has 3 rings (SSSR count). The number of nitrogens with one attached hydrogen (secondary N) is 1. The van der Waals surface area contributed by atoms with E-state index in [-0.39, 0.29) is 12.0 Å². The van der Waals surface area contributed by atoms with Crippen molar-refractivity contribution in [2.75, 3.05) is 18.4 Å². The van der Waals surface area contributed by atoms with Gasteiger partial charge in [0.1, 0.15) is 11.9 Å². The van der Waals surface area contributed by atoms with Crippen molar-refractivity contribution in [3.8, 4) is 5.75 Å². The van der Waals surface area contributed by atoms with Crippen LogP contribution in [0.1, 0.15) is 30.1 Å². The van der Waals surface area contributed by atoms with Crippen LogP contribution in [0.25, 0.3) is 0 Å². The molecule has 0 saturated carbocycles. The molecule has 1 saturated heterocycles. The number of benzene rings is 2. The molecule has 1 fully saturated rings. The van der Waals surface area contributed by atoms with Crippen LogP contribution < -0.4 is 15.8 Å². The first-order valence-corrected chi connectivity index (χ1v) is 9.70. The van der Waals surface area contributed by atoms with Crippen molar-refractivity contribution in [1.29, 1.82) is 0 Å². The standard InChI is InChI=1S/C12H14ClNO3.C9H10N2O2/c13-9-1-3-10(4-2-9)17-11-5-7-14(8-6-11)12(15)16;1-6(12)11-8-4-2-7(3-5-8)9(10)13/h1-4,11H,5-8H2,(H,15,16);2-5H,1H3,(H2,10,13)(H,11,12). The Kier molecular flexibility index (Phi) is 8.49. The molecule has 1 aliphatic rings.